The van der Waals surface area contributed by atoms with Gasteiger partial charge in [-0.2, -0.15) is 0 Å². The standard InChI is InChI=1S/C13H20N2O2/c1-13(2,14)12(16)15-9-6-10-17-11-7-4-3-5-8-11/h3-5,7-8H,6,9-10,14H2,1-2H3,(H,15,16). The van der Waals surface area contributed by atoms with Crippen LogP contribution in [0.5, 0.6) is 5.75 Å². The van der Waals surface area contributed by atoms with Crippen molar-refractivity contribution in [2.24, 2.45) is 5.73 Å². The maximum Gasteiger partial charge on any atom is 0.239 e. The number of ether oxygens (including phenoxy) is 1. The molecule has 3 N–H and O–H groups in total. The molecule has 4 heteroatoms. The number of nitrogens with one attached hydrogen (secondary N) is 1. The number of carbonyl (C=O) groups excluding carboxylic acids is 1. The highest BCUT2D eigenvalue weighted by atomic mass is 16.5. The monoisotopic (exact) mass is 236 g/mol. The summed E-state index contributed by atoms with van der Waals surface area (Å²) >= 11 is 0. The van der Waals surface area contributed by atoms with Crippen LogP contribution in [0.4, 0.5) is 0 Å². The van der Waals surface area contributed by atoms with Crippen molar-refractivity contribution in [2.45, 2.75) is 25.8 Å². The van der Waals surface area contributed by atoms with E-state index in [0.29, 0.717) is 13.2 Å². The van der Waals surface area contributed by atoms with Gasteiger partial charge in [-0.25, -0.2) is 0 Å². The lowest BCUT2D eigenvalue weighted by molar-refractivity contribution is -0.125. The first-order chi connectivity index (χ1) is 8.00. The van der Waals surface area contributed by atoms with E-state index in [9.17, 15) is 4.79 Å². The van der Waals surface area contributed by atoms with Crippen molar-refractivity contribution >= 4 is 5.91 Å². The third-order valence-corrected chi connectivity index (χ3v) is 2.20. The van der Waals surface area contributed by atoms with Crippen LogP contribution in [0.3, 0.4) is 0 Å². The van der Waals surface area contributed by atoms with Gasteiger partial charge in [0.2, 0.25) is 5.91 Å². The molecule has 0 bridgehead atoms. The molecule has 0 aliphatic carbocycles. The lowest BCUT2D eigenvalue weighted by Gasteiger charge is -2.17. The van der Waals surface area contributed by atoms with Gasteiger partial charge in [0, 0.05) is 6.54 Å². The molecule has 0 saturated carbocycles. The average molecular weight is 236 g/mol. The molecular formula is C13H20N2O2. The smallest absolute Gasteiger partial charge is 0.239 e. The summed E-state index contributed by atoms with van der Waals surface area (Å²) in [5.41, 5.74) is 4.82. The molecule has 0 saturated heterocycles. The summed E-state index contributed by atoms with van der Waals surface area (Å²) < 4.78 is 5.49. The van der Waals surface area contributed by atoms with Crippen LogP contribution in [0.25, 0.3) is 0 Å². The van der Waals surface area contributed by atoms with Gasteiger partial charge in [-0.3, -0.25) is 4.79 Å². The third kappa shape index (κ3) is 5.36. The van der Waals surface area contributed by atoms with Gasteiger partial charge < -0.3 is 15.8 Å². The number of amides is 1. The van der Waals surface area contributed by atoms with E-state index in [2.05, 4.69) is 5.32 Å². The van der Waals surface area contributed by atoms with Crippen LogP contribution in [-0.4, -0.2) is 24.6 Å². The summed E-state index contributed by atoms with van der Waals surface area (Å²) in [6.07, 6.45) is 0.761. The normalized spacial score (nSPS) is 11.0. The minimum Gasteiger partial charge on any atom is -0.494 e. The first-order valence-corrected chi connectivity index (χ1v) is 5.75. The van der Waals surface area contributed by atoms with Gasteiger partial charge in [-0.15, -0.1) is 0 Å². The largest absolute Gasteiger partial charge is 0.494 e. The molecular weight excluding hydrogens is 216 g/mol. The quantitative estimate of drug-likeness (QED) is 0.732. The van der Waals surface area contributed by atoms with Crippen LogP contribution in [0, 0.1) is 0 Å². The Labute approximate surface area is 102 Å². The van der Waals surface area contributed by atoms with Crippen molar-refractivity contribution in [1.82, 2.24) is 5.32 Å². The highest BCUT2D eigenvalue weighted by Crippen LogP contribution is 2.08. The average Bonchev–Trinajstić information content (AvgIpc) is 2.28. The lowest BCUT2D eigenvalue weighted by atomic mass is 10.1. The Kier molecular flexibility index (Phi) is 4.97. The van der Waals surface area contributed by atoms with Gasteiger partial charge >= 0.3 is 0 Å². The molecule has 1 rings (SSSR count). The van der Waals surface area contributed by atoms with E-state index in [1.165, 1.54) is 0 Å². The van der Waals surface area contributed by atoms with Crippen LogP contribution < -0.4 is 15.8 Å². The summed E-state index contributed by atoms with van der Waals surface area (Å²) in [6.45, 7) is 4.52. The zero-order valence-corrected chi connectivity index (χ0v) is 10.4. The molecule has 0 spiro atoms. The van der Waals surface area contributed by atoms with E-state index < -0.39 is 5.54 Å². The fourth-order valence-corrected chi connectivity index (χ4v) is 1.21. The Morgan fingerprint density at radius 2 is 2.00 bits per heavy atom. The Bertz CT molecular complexity index is 344. The van der Waals surface area contributed by atoms with Crippen LogP contribution >= 0.6 is 0 Å². The number of benzene rings is 1. The fourth-order valence-electron chi connectivity index (χ4n) is 1.21. The van der Waals surface area contributed by atoms with Crippen molar-refractivity contribution in [3.8, 4) is 5.75 Å². The van der Waals surface area contributed by atoms with Crippen LogP contribution in [0.15, 0.2) is 30.3 Å². The first kappa shape index (κ1) is 13.5. The molecule has 17 heavy (non-hydrogen) atoms. The maximum atomic E-state index is 11.4. The molecule has 0 aromatic heterocycles. The molecule has 1 aromatic rings. The molecule has 1 amide bonds. The van der Waals surface area contributed by atoms with Gasteiger partial charge in [-0.05, 0) is 32.4 Å². The molecule has 0 unspecified atom stereocenters. The number of hydrogen-bond acceptors (Lipinski definition) is 3. The van der Waals surface area contributed by atoms with E-state index in [1.807, 2.05) is 30.3 Å². The number of rotatable bonds is 6. The highest BCUT2D eigenvalue weighted by molar-refractivity contribution is 5.84. The van der Waals surface area contributed by atoms with Crippen molar-refractivity contribution < 1.29 is 9.53 Å². The Morgan fingerprint density at radius 3 is 2.59 bits per heavy atom. The number of hydrogen-bond donors (Lipinski definition) is 2. The molecule has 0 aliphatic rings. The van der Waals surface area contributed by atoms with Crippen molar-refractivity contribution in [3.05, 3.63) is 30.3 Å². The van der Waals surface area contributed by atoms with Gasteiger partial charge in [0.15, 0.2) is 0 Å². The Hall–Kier alpha value is -1.55. The van der Waals surface area contributed by atoms with Crippen molar-refractivity contribution in [3.63, 3.8) is 0 Å². The molecule has 0 radical (unpaired) electrons. The van der Waals surface area contributed by atoms with Crippen molar-refractivity contribution in [1.29, 1.82) is 0 Å². The second-order valence-electron chi connectivity index (χ2n) is 4.49. The fraction of sp³-hybridized carbons (Fsp3) is 0.462. The number of carbonyl (C=O) groups is 1. The Balaban J connectivity index is 2.12. The minimum atomic E-state index is -0.819. The topological polar surface area (TPSA) is 64.4 Å². The number of nitrogens with two attached hydrogens (primary N) is 1. The van der Waals surface area contributed by atoms with E-state index in [-0.39, 0.29) is 5.91 Å². The summed E-state index contributed by atoms with van der Waals surface area (Å²) in [5.74, 6) is 0.704. The zero-order chi connectivity index (χ0) is 12.7. The summed E-state index contributed by atoms with van der Waals surface area (Å²) in [4.78, 5) is 11.4. The maximum absolute atomic E-state index is 11.4. The lowest BCUT2D eigenvalue weighted by Crippen LogP contribution is -2.49. The second-order valence-corrected chi connectivity index (χ2v) is 4.49. The first-order valence-electron chi connectivity index (χ1n) is 5.75. The van der Waals surface area contributed by atoms with Crippen LogP contribution in [-0.2, 0) is 4.79 Å². The molecule has 0 heterocycles. The minimum absolute atomic E-state index is 0.141. The SMILES string of the molecule is CC(C)(N)C(=O)NCCCOc1ccccc1. The van der Waals surface area contributed by atoms with E-state index in [0.717, 1.165) is 12.2 Å². The second kappa shape index (κ2) is 6.25. The predicted octanol–water partition coefficient (Wildman–Crippen LogP) is 1.31. The molecule has 0 fully saturated rings. The van der Waals surface area contributed by atoms with Crippen LogP contribution in [0.2, 0.25) is 0 Å². The van der Waals surface area contributed by atoms with Gasteiger partial charge in [0.25, 0.3) is 0 Å². The molecule has 1 aromatic carbocycles. The van der Waals surface area contributed by atoms with E-state index >= 15 is 0 Å². The van der Waals surface area contributed by atoms with E-state index in [1.54, 1.807) is 13.8 Å². The Morgan fingerprint density at radius 1 is 1.35 bits per heavy atom. The zero-order valence-electron chi connectivity index (χ0n) is 10.4. The molecule has 0 atom stereocenters. The molecule has 4 nitrogen and oxygen atoms in total. The summed E-state index contributed by atoms with van der Waals surface area (Å²) in [6, 6.07) is 9.60. The van der Waals surface area contributed by atoms with Gasteiger partial charge in [0.05, 0.1) is 12.1 Å². The predicted molar refractivity (Wildman–Crippen MR) is 67.8 cm³/mol. The van der Waals surface area contributed by atoms with Gasteiger partial charge in [0.1, 0.15) is 5.75 Å². The number of para-hydroxylation sites is 1. The third-order valence-electron chi connectivity index (χ3n) is 2.20. The van der Waals surface area contributed by atoms with Crippen molar-refractivity contribution in [2.75, 3.05) is 13.2 Å². The summed E-state index contributed by atoms with van der Waals surface area (Å²) in [7, 11) is 0. The van der Waals surface area contributed by atoms with E-state index in [4.69, 9.17) is 10.5 Å². The van der Waals surface area contributed by atoms with Crippen LogP contribution in [0.1, 0.15) is 20.3 Å². The molecule has 0 aliphatic heterocycles. The highest BCUT2D eigenvalue weighted by Gasteiger charge is 2.20. The van der Waals surface area contributed by atoms with Gasteiger partial charge in [-0.1, -0.05) is 18.2 Å². The molecule has 94 valence electrons. The summed E-state index contributed by atoms with van der Waals surface area (Å²) in [5, 5.41) is 2.76.